The second kappa shape index (κ2) is 10.1. The minimum absolute atomic E-state index is 0.0646. The first kappa shape index (κ1) is 21.5. The summed E-state index contributed by atoms with van der Waals surface area (Å²) in [5.41, 5.74) is 3.17. The van der Waals surface area contributed by atoms with Crippen molar-refractivity contribution in [3.8, 4) is 0 Å². The highest BCUT2D eigenvalue weighted by Gasteiger charge is 2.28. The van der Waals surface area contributed by atoms with E-state index in [2.05, 4.69) is 39.3 Å². The third-order valence-electron chi connectivity index (χ3n) is 6.47. The van der Waals surface area contributed by atoms with E-state index in [0.29, 0.717) is 18.3 Å². The van der Waals surface area contributed by atoms with E-state index < -0.39 is 6.10 Å². The van der Waals surface area contributed by atoms with Crippen LogP contribution in [0.25, 0.3) is 0 Å². The molecule has 0 spiro atoms. The number of rotatable bonds is 7. The van der Waals surface area contributed by atoms with E-state index in [0.717, 1.165) is 42.6 Å². The molecule has 1 fully saturated rings. The van der Waals surface area contributed by atoms with Crippen LogP contribution in [0.15, 0.2) is 89.7 Å². The minimum atomic E-state index is -0.464. The lowest BCUT2D eigenvalue weighted by molar-refractivity contribution is 0.0536. The van der Waals surface area contributed by atoms with Crippen molar-refractivity contribution in [3.63, 3.8) is 0 Å². The van der Waals surface area contributed by atoms with Crippen LogP contribution in [-0.2, 0) is 6.54 Å². The van der Waals surface area contributed by atoms with Gasteiger partial charge < -0.3 is 9.63 Å². The minimum Gasteiger partial charge on any atom is -0.388 e. The Bertz CT molecular complexity index is 1090. The molecule has 0 aliphatic carbocycles. The van der Waals surface area contributed by atoms with Crippen molar-refractivity contribution in [1.82, 2.24) is 20.0 Å². The molecule has 0 bridgehead atoms. The van der Waals surface area contributed by atoms with Gasteiger partial charge in [-0.25, -0.2) is 0 Å². The van der Waals surface area contributed by atoms with Crippen molar-refractivity contribution in [2.24, 2.45) is 5.92 Å². The summed E-state index contributed by atoms with van der Waals surface area (Å²) in [5, 5.41) is 15.1. The monoisotopic (exact) mass is 440 g/mol. The summed E-state index contributed by atoms with van der Waals surface area (Å²) in [5.74, 6) is 1.49. The largest absolute Gasteiger partial charge is 0.388 e. The first-order valence-electron chi connectivity index (χ1n) is 11.5. The normalized spacial score (nSPS) is 16.2. The van der Waals surface area contributed by atoms with Crippen molar-refractivity contribution in [2.75, 3.05) is 13.1 Å². The fraction of sp³-hybridized carbons (Fsp3) is 0.296. The zero-order valence-corrected chi connectivity index (χ0v) is 18.5. The molecule has 4 aromatic rings. The number of aliphatic hydroxyl groups is 1. The van der Waals surface area contributed by atoms with Gasteiger partial charge in [0, 0.05) is 12.4 Å². The van der Waals surface area contributed by atoms with Crippen molar-refractivity contribution in [2.45, 2.75) is 31.4 Å². The maximum Gasteiger partial charge on any atom is 0.240 e. The van der Waals surface area contributed by atoms with Gasteiger partial charge in [-0.3, -0.25) is 9.88 Å². The third-order valence-corrected chi connectivity index (χ3v) is 6.47. The topological polar surface area (TPSA) is 75.3 Å². The first-order chi connectivity index (χ1) is 16.3. The Hall–Kier alpha value is -3.35. The first-order valence-corrected chi connectivity index (χ1v) is 11.5. The van der Waals surface area contributed by atoms with Gasteiger partial charge in [-0.2, -0.15) is 4.98 Å². The molecule has 0 saturated carbocycles. The number of pyridine rings is 1. The molecule has 168 valence electrons. The van der Waals surface area contributed by atoms with E-state index in [9.17, 15) is 5.11 Å². The van der Waals surface area contributed by atoms with Crippen LogP contribution in [0, 0.1) is 5.92 Å². The van der Waals surface area contributed by atoms with Gasteiger partial charge in [-0.05, 0) is 54.6 Å². The highest BCUT2D eigenvalue weighted by Crippen LogP contribution is 2.32. The number of piperidine rings is 1. The molecule has 1 aliphatic rings. The number of aliphatic hydroxyl groups excluding tert-OH is 1. The molecule has 3 heterocycles. The predicted octanol–water partition coefficient (Wildman–Crippen LogP) is 4.59. The molecule has 1 aliphatic heterocycles. The number of nitrogens with zero attached hydrogens (tertiary/aromatic N) is 4. The van der Waals surface area contributed by atoms with Crippen LogP contribution in [0.5, 0.6) is 0 Å². The number of hydrogen-bond acceptors (Lipinski definition) is 6. The quantitative estimate of drug-likeness (QED) is 0.453. The van der Waals surface area contributed by atoms with Crippen LogP contribution in [0.1, 0.15) is 53.3 Å². The molecule has 0 amide bonds. The molecule has 0 radical (unpaired) electrons. The molecular formula is C27H28N4O2. The Morgan fingerprint density at radius 1 is 0.879 bits per heavy atom. The molecule has 6 nitrogen and oxygen atoms in total. The lowest BCUT2D eigenvalue weighted by atomic mass is 9.88. The molecule has 1 saturated heterocycles. The summed E-state index contributed by atoms with van der Waals surface area (Å²) < 4.78 is 5.67. The van der Waals surface area contributed by atoms with Crippen LogP contribution >= 0.6 is 0 Å². The second-order valence-electron chi connectivity index (χ2n) is 8.65. The van der Waals surface area contributed by atoms with Gasteiger partial charge in [0.05, 0.1) is 18.6 Å². The van der Waals surface area contributed by atoms with Crippen LogP contribution in [0.3, 0.4) is 0 Å². The molecule has 0 unspecified atom stereocenters. The van der Waals surface area contributed by atoms with Gasteiger partial charge in [-0.1, -0.05) is 71.9 Å². The molecule has 5 rings (SSSR count). The Labute approximate surface area is 193 Å². The van der Waals surface area contributed by atoms with Crippen molar-refractivity contribution >= 4 is 0 Å². The predicted molar refractivity (Wildman–Crippen MR) is 125 cm³/mol. The fourth-order valence-corrected chi connectivity index (χ4v) is 4.67. The average molecular weight is 441 g/mol. The zero-order valence-electron chi connectivity index (χ0n) is 18.5. The third kappa shape index (κ3) is 5.02. The van der Waals surface area contributed by atoms with Gasteiger partial charge in [0.15, 0.2) is 5.82 Å². The molecular weight excluding hydrogens is 412 g/mol. The number of hydrogen-bond donors (Lipinski definition) is 1. The molecule has 2 aromatic heterocycles. The smallest absolute Gasteiger partial charge is 0.240 e. The summed E-state index contributed by atoms with van der Waals surface area (Å²) >= 11 is 0. The summed E-state index contributed by atoms with van der Waals surface area (Å²) in [6, 6.07) is 24.4. The Morgan fingerprint density at radius 3 is 2.12 bits per heavy atom. The highest BCUT2D eigenvalue weighted by molar-refractivity contribution is 5.37. The highest BCUT2D eigenvalue weighted by atomic mass is 16.5. The molecule has 33 heavy (non-hydrogen) atoms. The standard InChI is InChI=1S/C27H28N4O2/c32-26(23-12-7-15-28-18-23)22-13-16-31(17-14-22)19-24-29-27(30-33-24)25(20-8-3-1-4-9-20)21-10-5-2-6-11-21/h1-12,15,18,22,25-26,32H,13-14,16-17,19H2/t26-/m1/s1. The molecule has 6 heteroatoms. The lowest BCUT2D eigenvalue weighted by Gasteiger charge is -2.33. The van der Waals surface area contributed by atoms with Gasteiger partial charge in [0.25, 0.3) is 0 Å². The number of likely N-dealkylation sites (tertiary alicyclic amines) is 1. The Morgan fingerprint density at radius 2 is 1.52 bits per heavy atom. The van der Waals surface area contributed by atoms with Crippen LogP contribution in [0.4, 0.5) is 0 Å². The van der Waals surface area contributed by atoms with Gasteiger partial charge in [0.1, 0.15) is 0 Å². The molecule has 2 aromatic carbocycles. The summed E-state index contributed by atoms with van der Waals surface area (Å²) in [6.45, 7) is 2.40. The SMILES string of the molecule is O[C@@H](c1cccnc1)C1CCN(Cc2nc(C(c3ccccc3)c3ccccc3)no2)CC1. The van der Waals surface area contributed by atoms with Crippen LogP contribution in [-0.4, -0.2) is 38.2 Å². The maximum absolute atomic E-state index is 10.7. The summed E-state index contributed by atoms with van der Waals surface area (Å²) in [7, 11) is 0. The fourth-order valence-electron chi connectivity index (χ4n) is 4.67. The molecule has 1 N–H and O–H groups in total. The van der Waals surface area contributed by atoms with Crippen molar-refractivity contribution in [3.05, 3.63) is 114 Å². The van der Waals surface area contributed by atoms with Crippen LogP contribution < -0.4 is 0 Å². The summed E-state index contributed by atoms with van der Waals surface area (Å²) in [4.78, 5) is 11.2. The van der Waals surface area contributed by atoms with E-state index in [-0.39, 0.29) is 11.8 Å². The van der Waals surface area contributed by atoms with Gasteiger partial charge in [-0.15, -0.1) is 0 Å². The van der Waals surface area contributed by atoms with Gasteiger partial charge >= 0.3 is 0 Å². The van der Waals surface area contributed by atoms with Gasteiger partial charge in [0.2, 0.25) is 5.89 Å². The molecule has 1 atom stereocenters. The Balaban J connectivity index is 1.25. The zero-order chi connectivity index (χ0) is 22.5. The average Bonchev–Trinajstić information content (AvgIpc) is 3.34. The van der Waals surface area contributed by atoms with E-state index in [1.807, 2.05) is 48.5 Å². The van der Waals surface area contributed by atoms with E-state index >= 15 is 0 Å². The van der Waals surface area contributed by atoms with E-state index in [1.54, 1.807) is 12.4 Å². The maximum atomic E-state index is 10.7. The van der Waals surface area contributed by atoms with E-state index in [1.165, 1.54) is 0 Å². The van der Waals surface area contributed by atoms with Crippen LogP contribution in [0.2, 0.25) is 0 Å². The number of aromatic nitrogens is 3. The van der Waals surface area contributed by atoms with Crippen molar-refractivity contribution < 1.29 is 9.63 Å². The Kier molecular flexibility index (Phi) is 6.56. The lowest BCUT2D eigenvalue weighted by Crippen LogP contribution is -2.35. The van der Waals surface area contributed by atoms with Crippen molar-refractivity contribution in [1.29, 1.82) is 0 Å². The number of benzene rings is 2. The van der Waals surface area contributed by atoms with E-state index in [4.69, 9.17) is 9.51 Å². The second-order valence-corrected chi connectivity index (χ2v) is 8.65. The summed E-state index contributed by atoms with van der Waals surface area (Å²) in [6.07, 6.45) is 4.87.